The standard InChI is InChI=1S/C24H25F3N6O2/c1-33-8-7-14-10-20(35-2)19(9-16(14)13-33)31-23-29-12-17(21(28)34)22(32-23)30-18-6-4-3-5-15(18)11-24(25,26)27/h3-6,9-10,12H,7-8,11,13H2,1-2H3,(H2,28,34)(H2,29,30,31,32). The smallest absolute Gasteiger partial charge is 0.393 e. The van der Waals surface area contributed by atoms with Crippen molar-refractivity contribution in [3.8, 4) is 5.75 Å². The molecule has 0 radical (unpaired) electrons. The summed E-state index contributed by atoms with van der Waals surface area (Å²) < 4.78 is 44.6. The maximum atomic E-state index is 13.0. The van der Waals surface area contributed by atoms with Gasteiger partial charge in [0.1, 0.15) is 17.1 Å². The number of rotatable bonds is 7. The Hall–Kier alpha value is -3.86. The second kappa shape index (κ2) is 9.79. The normalized spacial score (nSPS) is 13.7. The van der Waals surface area contributed by atoms with E-state index in [2.05, 4.69) is 25.5 Å². The molecule has 1 aliphatic heterocycles. The lowest BCUT2D eigenvalue weighted by Crippen LogP contribution is -2.26. The third kappa shape index (κ3) is 5.80. The number of benzene rings is 2. The Morgan fingerprint density at radius 1 is 1.17 bits per heavy atom. The minimum Gasteiger partial charge on any atom is -0.495 e. The van der Waals surface area contributed by atoms with Crippen molar-refractivity contribution in [2.45, 2.75) is 25.6 Å². The van der Waals surface area contributed by atoms with Gasteiger partial charge in [0.25, 0.3) is 5.91 Å². The molecule has 4 rings (SSSR count). The molecule has 0 unspecified atom stereocenters. The molecule has 4 N–H and O–H groups in total. The molecule has 1 aliphatic rings. The molecule has 0 aliphatic carbocycles. The van der Waals surface area contributed by atoms with Crippen LogP contribution in [-0.2, 0) is 19.4 Å². The molecule has 1 amide bonds. The average molecular weight is 486 g/mol. The molecule has 1 aromatic heterocycles. The molecule has 8 nitrogen and oxygen atoms in total. The van der Waals surface area contributed by atoms with Gasteiger partial charge in [-0.15, -0.1) is 0 Å². The number of fused-ring (bicyclic) bond motifs is 1. The van der Waals surface area contributed by atoms with Gasteiger partial charge in [-0.25, -0.2) is 4.98 Å². The number of carbonyl (C=O) groups excluding carboxylic acids is 1. The number of nitrogens with two attached hydrogens (primary N) is 1. The number of hydrogen-bond donors (Lipinski definition) is 3. The topological polar surface area (TPSA) is 105 Å². The van der Waals surface area contributed by atoms with Crippen molar-refractivity contribution in [2.24, 2.45) is 5.73 Å². The Balaban J connectivity index is 1.68. The maximum absolute atomic E-state index is 13.0. The first-order valence-electron chi connectivity index (χ1n) is 10.9. The Morgan fingerprint density at radius 3 is 2.66 bits per heavy atom. The second-order valence-corrected chi connectivity index (χ2v) is 8.33. The molecular weight excluding hydrogens is 461 g/mol. The van der Waals surface area contributed by atoms with Crippen LogP contribution < -0.4 is 21.1 Å². The SMILES string of the molecule is COc1cc2c(cc1Nc1ncc(C(N)=O)c(Nc3ccccc3CC(F)(F)F)n1)CN(C)CC2. The number of amides is 1. The van der Waals surface area contributed by atoms with Crippen molar-refractivity contribution >= 4 is 29.0 Å². The number of halogens is 3. The van der Waals surface area contributed by atoms with Crippen molar-refractivity contribution < 1.29 is 22.7 Å². The molecule has 0 saturated carbocycles. The van der Waals surface area contributed by atoms with E-state index in [1.165, 1.54) is 30.0 Å². The summed E-state index contributed by atoms with van der Waals surface area (Å²) in [6, 6.07) is 9.85. The fourth-order valence-corrected chi connectivity index (χ4v) is 3.97. The van der Waals surface area contributed by atoms with E-state index in [9.17, 15) is 18.0 Å². The molecule has 0 spiro atoms. The van der Waals surface area contributed by atoms with Gasteiger partial charge >= 0.3 is 6.18 Å². The average Bonchev–Trinajstić information content (AvgIpc) is 2.79. The number of hydrogen-bond acceptors (Lipinski definition) is 7. The molecule has 184 valence electrons. The molecule has 0 bridgehead atoms. The van der Waals surface area contributed by atoms with Crippen LogP contribution in [0, 0.1) is 0 Å². The predicted octanol–water partition coefficient (Wildman–Crippen LogP) is 4.16. The molecule has 35 heavy (non-hydrogen) atoms. The number of carbonyl (C=O) groups is 1. The fourth-order valence-electron chi connectivity index (χ4n) is 3.97. The molecule has 0 fully saturated rings. The van der Waals surface area contributed by atoms with Crippen molar-refractivity contribution in [3.63, 3.8) is 0 Å². The van der Waals surface area contributed by atoms with Crippen LogP contribution >= 0.6 is 0 Å². The van der Waals surface area contributed by atoms with Crippen LogP contribution in [0.15, 0.2) is 42.6 Å². The van der Waals surface area contributed by atoms with Crippen molar-refractivity contribution in [1.29, 1.82) is 0 Å². The maximum Gasteiger partial charge on any atom is 0.393 e. The van der Waals surface area contributed by atoms with Gasteiger partial charge in [0, 0.05) is 25.0 Å². The summed E-state index contributed by atoms with van der Waals surface area (Å²) in [5.74, 6) is -0.114. The van der Waals surface area contributed by atoms with E-state index in [4.69, 9.17) is 10.5 Å². The Morgan fingerprint density at radius 2 is 1.94 bits per heavy atom. The van der Waals surface area contributed by atoms with E-state index in [1.807, 2.05) is 19.2 Å². The van der Waals surface area contributed by atoms with Crippen molar-refractivity contribution in [2.75, 3.05) is 31.3 Å². The van der Waals surface area contributed by atoms with Gasteiger partial charge in [0.2, 0.25) is 5.95 Å². The summed E-state index contributed by atoms with van der Waals surface area (Å²) in [5.41, 5.74) is 8.52. The minimum absolute atomic E-state index is 0.00372. The van der Waals surface area contributed by atoms with Gasteiger partial charge in [-0.3, -0.25) is 4.79 Å². The van der Waals surface area contributed by atoms with E-state index >= 15 is 0 Å². The van der Waals surface area contributed by atoms with Crippen LogP contribution in [0.25, 0.3) is 0 Å². The first-order valence-corrected chi connectivity index (χ1v) is 10.9. The van der Waals surface area contributed by atoms with Gasteiger partial charge in [-0.1, -0.05) is 18.2 Å². The number of aromatic nitrogens is 2. The number of nitrogens with one attached hydrogen (secondary N) is 2. The first kappa shape index (κ1) is 24.3. The summed E-state index contributed by atoms with van der Waals surface area (Å²) >= 11 is 0. The van der Waals surface area contributed by atoms with Crippen LogP contribution in [0.3, 0.4) is 0 Å². The van der Waals surface area contributed by atoms with Gasteiger partial charge in [0.15, 0.2) is 0 Å². The van der Waals surface area contributed by atoms with Gasteiger partial charge in [0.05, 0.1) is 19.2 Å². The highest BCUT2D eigenvalue weighted by atomic mass is 19.4. The fraction of sp³-hybridized carbons (Fsp3) is 0.292. The number of likely N-dealkylation sites (N-methyl/N-ethyl adjacent to an activating group) is 1. The Bertz CT molecular complexity index is 1250. The van der Waals surface area contributed by atoms with Crippen LogP contribution in [0.5, 0.6) is 5.75 Å². The zero-order valence-electron chi connectivity index (χ0n) is 19.2. The monoisotopic (exact) mass is 486 g/mol. The van der Waals surface area contributed by atoms with Crippen LogP contribution in [0.1, 0.15) is 27.0 Å². The lowest BCUT2D eigenvalue weighted by atomic mass is 9.99. The van der Waals surface area contributed by atoms with E-state index in [-0.39, 0.29) is 28.6 Å². The molecule has 2 aromatic carbocycles. The zero-order chi connectivity index (χ0) is 25.2. The number of ether oxygens (including phenoxy) is 1. The number of anilines is 4. The predicted molar refractivity (Wildman–Crippen MR) is 126 cm³/mol. The van der Waals surface area contributed by atoms with Crippen LogP contribution in [0.4, 0.5) is 36.3 Å². The van der Waals surface area contributed by atoms with Crippen LogP contribution in [0.2, 0.25) is 0 Å². The summed E-state index contributed by atoms with van der Waals surface area (Å²) in [7, 11) is 3.60. The second-order valence-electron chi connectivity index (χ2n) is 8.33. The van der Waals surface area contributed by atoms with Crippen molar-refractivity contribution in [3.05, 3.63) is 64.8 Å². The quantitative estimate of drug-likeness (QED) is 0.461. The molecule has 11 heteroatoms. The largest absolute Gasteiger partial charge is 0.495 e. The number of alkyl halides is 3. The molecule has 3 aromatic rings. The van der Waals surface area contributed by atoms with E-state index in [0.29, 0.717) is 11.4 Å². The van der Waals surface area contributed by atoms with E-state index < -0.39 is 18.5 Å². The summed E-state index contributed by atoms with van der Waals surface area (Å²) in [6.45, 7) is 1.73. The van der Waals surface area contributed by atoms with E-state index in [1.54, 1.807) is 13.2 Å². The summed E-state index contributed by atoms with van der Waals surface area (Å²) in [6.07, 6.45) is -3.42. The molecule has 0 saturated heterocycles. The highest BCUT2D eigenvalue weighted by Crippen LogP contribution is 2.34. The third-order valence-corrected chi connectivity index (χ3v) is 5.69. The lowest BCUT2D eigenvalue weighted by Gasteiger charge is -2.26. The van der Waals surface area contributed by atoms with Gasteiger partial charge in [-0.2, -0.15) is 18.2 Å². The van der Waals surface area contributed by atoms with Gasteiger partial charge in [-0.05, 0) is 48.4 Å². The lowest BCUT2D eigenvalue weighted by molar-refractivity contribution is -0.127. The van der Waals surface area contributed by atoms with E-state index in [0.717, 1.165) is 25.1 Å². The first-order chi connectivity index (χ1) is 16.6. The zero-order valence-corrected chi connectivity index (χ0v) is 19.2. The van der Waals surface area contributed by atoms with Gasteiger partial charge < -0.3 is 26.0 Å². The summed E-state index contributed by atoms with van der Waals surface area (Å²) in [4.78, 5) is 22.7. The highest BCUT2D eigenvalue weighted by Gasteiger charge is 2.29. The highest BCUT2D eigenvalue weighted by molar-refractivity contribution is 5.98. The summed E-state index contributed by atoms with van der Waals surface area (Å²) in [5, 5.41) is 5.92. The number of nitrogens with zero attached hydrogens (tertiary/aromatic N) is 3. The number of primary amides is 1. The number of para-hydroxylation sites is 1. The Kier molecular flexibility index (Phi) is 6.79. The third-order valence-electron chi connectivity index (χ3n) is 5.69. The molecule has 2 heterocycles. The number of methoxy groups -OCH3 is 1. The Labute approximate surface area is 200 Å². The minimum atomic E-state index is -4.40. The van der Waals surface area contributed by atoms with Crippen molar-refractivity contribution in [1.82, 2.24) is 14.9 Å². The molecule has 0 atom stereocenters. The van der Waals surface area contributed by atoms with Crippen LogP contribution in [-0.4, -0.2) is 47.7 Å². The molecular formula is C24H25F3N6O2.